The van der Waals surface area contributed by atoms with Gasteiger partial charge in [0.2, 0.25) is 5.89 Å². The van der Waals surface area contributed by atoms with Crippen LogP contribution in [0, 0.1) is 0 Å². The summed E-state index contributed by atoms with van der Waals surface area (Å²) in [7, 11) is 1.45. The van der Waals surface area contributed by atoms with Gasteiger partial charge in [0.1, 0.15) is 18.1 Å². The molecule has 2 heterocycles. The van der Waals surface area contributed by atoms with E-state index in [1.165, 1.54) is 12.7 Å². The van der Waals surface area contributed by atoms with Gasteiger partial charge in [-0.15, -0.1) is 0 Å². The maximum atomic E-state index is 12.9. The number of carbonyl (C=O) groups excluding carboxylic acids is 1. The van der Waals surface area contributed by atoms with Crippen molar-refractivity contribution < 1.29 is 18.7 Å². The van der Waals surface area contributed by atoms with Crippen molar-refractivity contribution >= 4 is 5.97 Å². The molecule has 1 aliphatic rings. The van der Waals surface area contributed by atoms with Crippen molar-refractivity contribution in [3.05, 3.63) is 132 Å². The summed E-state index contributed by atoms with van der Waals surface area (Å²) >= 11 is 0. The Labute approximate surface area is 235 Å². The van der Waals surface area contributed by atoms with E-state index in [2.05, 4.69) is 46.0 Å². The maximum Gasteiger partial charge on any atom is 0.329 e. The Morgan fingerprint density at radius 2 is 1.85 bits per heavy atom. The van der Waals surface area contributed by atoms with E-state index in [9.17, 15) is 4.79 Å². The first-order chi connectivity index (χ1) is 19.7. The van der Waals surface area contributed by atoms with E-state index >= 15 is 0 Å². The van der Waals surface area contributed by atoms with Crippen molar-refractivity contribution in [3.63, 3.8) is 0 Å². The van der Waals surface area contributed by atoms with E-state index in [1.54, 1.807) is 6.26 Å². The molecule has 0 bridgehead atoms. The Bertz CT molecular complexity index is 1480. The first-order valence-corrected chi connectivity index (χ1v) is 13.6. The number of benzene rings is 2. The summed E-state index contributed by atoms with van der Waals surface area (Å²) in [6.45, 7) is 0.485. The van der Waals surface area contributed by atoms with Crippen LogP contribution in [0.4, 0.5) is 0 Å². The molecule has 2 aromatic carbocycles. The average molecular weight is 535 g/mol. The van der Waals surface area contributed by atoms with Gasteiger partial charge in [-0.25, -0.2) is 9.78 Å². The first kappa shape index (κ1) is 27.0. The molecule has 204 valence electrons. The molecule has 0 fully saturated rings. The fourth-order valence-corrected chi connectivity index (χ4v) is 4.82. The molecule has 0 saturated heterocycles. The van der Waals surface area contributed by atoms with E-state index in [1.807, 2.05) is 66.9 Å². The van der Waals surface area contributed by atoms with Crippen molar-refractivity contribution in [1.29, 1.82) is 0 Å². The monoisotopic (exact) mass is 534 g/mol. The molecule has 6 nitrogen and oxygen atoms in total. The van der Waals surface area contributed by atoms with Gasteiger partial charge in [0.15, 0.2) is 0 Å². The molecule has 1 unspecified atom stereocenters. The van der Waals surface area contributed by atoms with Gasteiger partial charge in [-0.05, 0) is 54.8 Å². The second-order valence-corrected chi connectivity index (χ2v) is 9.74. The second kappa shape index (κ2) is 13.5. The van der Waals surface area contributed by atoms with Crippen molar-refractivity contribution in [1.82, 2.24) is 9.55 Å². The second-order valence-electron chi connectivity index (χ2n) is 9.74. The summed E-state index contributed by atoms with van der Waals surface area (Å²) in [5, 5.41) is 0. The van der Waals surface area contributed by atoms with Crippen LogP contribution in [0.15, 0.2) is 120 Å². The number of hydrogen-bond donors (Lipinski definition) is 0. The zero-order valence-corrected chi connectivity index (χ0v) is 22.7. The molecule has 1 aliphatic carbocycles. The third kappa shape index (κ3) is 7.08. The Hall–Kier alpha value is -4.58. The number of carbonyl (C=O) groups is 1. The first-order valence-electron chi connectivity index (χ1n) is 13.6. The normalized spacial score (nSPS) is 15.9. The van der Waals surface area contributed by atoms with Gasteiger partial charge in [-0.2, -0.15) is 0 Å². The molecule has 0 aliphatic heterocycles. The van der Waals surface area contributed by atoms with Gasteiger partial charge in [0.05, 0.1) is 19.4 Å². The van der Waals surface area contributed by atoms with Gasteiger partial charge in [0, 0.05) is 36.7 Å². The predicted molar refractivity (Wildman–Crippen MR) is 156 cm³/mol. The largest absolute Gasteiger partial charge is 0.493 e. The summed E-state index contributed by atoms with van der Waals surface area (Å²) in [6, 6.07) is 21.4. The molecule has 0 amide bonds. The van der Waals surface area contributed by atoms with Crippen molar-refractivity contribution in [3.8, 4) is 17.2 Å². The lowest BCUT2D eigenvalue weighted by Gasteiger charge is -2.21. The van der Waals surface area contributed by atoms with Crippen LogP contribution in [-0.4, -0.2) is 29.2 Å². The molecule has 5 rings (SSSR count). The highest BCUT2D eigenvalue weighted by Gasteiger charge is 2.23. The predicted octanol–water partition coefficient (Wildman–Crippen LogP) is 7.10. The number of aromatic nitrogens is 2. The summed E-state index contributed by atoms with van der Waals surface area (Å²) < 4.78 is 18.8. The van der Waals surface area contributed by atoms with E-state index in [0.29, 0.717) is 25.3 Å². The highest BCUT2D eigenvalue weighted by atomic mass is 16.5. The molecular weight excluding hydrogens is 500 g/mol. The number of rotatable bonds is 11. The van der Waals surface area contributed by atoms with Gasteiger partial charge in [-0.3, -0.25) is 0 Å². The number of allylic oxidation sites excluding steroid dienone is 6. The van der Waals surface area contributed by atoms with E-state index in [4.69, 9.17) is 13.9 Å². The quantitative estimate of drug-likeness (QED) is 0.152. The zero-order chi connectivity index (χ0) is 27.6. The molecule has 4 aromatic rings. The Kier molecular flexibility index (Phi) is 9.09. The Morgan fingerprint density at radius 1 is 1.02 bits per heavy atom. The maximum absolute atomic E-state index is 12.9. The number of hydrogen-bond acceptors (Lipinski definition) is 5. The van der Waals surface area contributed by atoms with Crippen LogP contribution in [0.3, 0.4) is 0 Å². The smallest absolute Gasteiger partial charge is 0.329 e. The summed E-state index contributed by atoms with van der Waals surface area (Å²) in [5.41, 5.74) is 5.27. The van der Waals surface area contributed by atoms with Crippen LogP contribution in [0.2, 0.25) is 0 Å². The number of oxazole rings is 1. The molecular formula is C34H34N2O4. The van der Waals surface area contributed by atoms with Crippen molar-refractivity contribution in [2.75, 3.05) is 13.7 Å². The third-order valence-electron chi connectivity index (χ3n) is 6.94. The van der Waals surface area contributed by atoms with Crippen LogP contribution in [0.5, 0.6) is 5.75 Å². The minimum absolute atomic E-state index is 0.255. The van der Waals surface area contributed by atoms with Gasteiger partial charge >= 0.3 is 5.97 Å². The van der Waals surface area contributed by atoms with Gasteiger partial charge in [0.25, 0.3) is 0 Å². The molecule has 0 radical (unpaired) electrons. The summed E-state index contributed by atoms with van der Waals surface area (Å²) in [5.74, 6) is 1.13. The lowest BCUT2D eigenvalue weighted by atomic mass is 10.0. The molecule has 2 aromatic heterocycles. The molecule has 0 saturated carbocycles. The number of esters is 1. The van der Waals surface area contributed by atoms with E-state index < -0.39 is 6.04 Å². The summed E-state index contributed by atoms with van der Waals surface area (Å²) in [4.78, 5) is 17.4. The third-order valence-corrected chi connectivity index (χ3v) is 6.94. The molecule has 1 atom stereocenters. The average Bonchev–Trinajstić information content (AvgIpc) is 3.64. The van der Waals surface area contributed by atoms with Crippen molar-refractivity contribution in [2.24, 2.45) is 0 Å². The van der Waals surface area contributed by atoms with Crippen LogP contribution >= 0.6 is 0 Å². The van der Waals surface area contributed by atoms with Gasteiger partial charge < -0.3 is 18.5 Å². The van der Waals surface area contributed by atoms with E-state index in [0.717, 1.165) is 47.5 Å². The number of nitrogens with zero attached hydrogens (tertiary/aromatic N) is 2. The molecule has 0 N–H and O–H groups in total. The van der Waals surface area contributed by atoms with Crippen LogP contribution < -0.4 is 4.74 Å². The lowest BCUT2D eigenvalue weighted by molar-refractivity contribution is -0.144. The Morgan fingerprint density at radius 3 is 2.67 bits per heavy atom. The highest BCUT2D eigenvalue weighted by Crippen LogP contribution is 2.24. The zero-order valence-electron chi connectivity index (χ0n) is 22.7. The van der Waals surface area contributed by atoms with Crippen LogP contribution in [0.1, 0.15) is 35.8 Å². The Balaban J connectivity index is 1.19. The topological polar surface area (TPSA) is 66.5 Å². The highest BCUT2D eigenvalue weighted by molar-refractivity contribution is 5.74. The summed E-state index contributed by atoms with van der Waals surface area (Å²) in [6.07, 6.45) is 18.2. The minimum Gasteiger partial charge on any atom is -0.493 e. The minimum atomic E-state index is -0.447. The fourth-order valence-electron chi connectivity index (χ4n) is 4.82. The number of ether oxygens (including phenoxy) is 2. The van der Waals surface area contributed by atoms with Crippen molar-refractivity contribution in [2.45, 2.75) is 38.1 Å². The number of methoxy groups -OCH3 is 1. The molecule has 6 heteroatoms. The SMILES string of the molecule is COC(=O)C(Cc1ccc(OCCc2coc(-c3ccccc3)n2)cc1)n1cccc1C/C1=C/CC=C/C=C\C1. The van der Waals surface area contributed by atoms with Crippen LogP contribution in [0.25, 0.3) is 11.5 Å². The molecule has 40 heavy (non-hydrogen) atoms. The van der Waals surface area contributed by atoms with Crippen LogP contribution in [-0.2, 0) is 28.8 Å². The standard InChI is InChI=1S/C34H34N2O4/c1-38-34(37)32(36-21-10-15-30(36)23-26-11-6-3-2-4-7-12-26)24-27-16-18-31(19-17-27)39-22-20-29-25-40-33(35-29)28-13-8-5-9-14-28/h2-6,8-10,12-19,21,25,32H,7,11,20,22-24H2,1H3/b4-2?,6-3-,26-12+. The lowest BCUT2D eigenvalue weighted by Crippen LogP contribution is -2.24. The van der Waals surface area contributed by atoms with Gasteiger partial charge in [-0.1, -0.05) is 66.3 Å². The molecule has 0 spiro atoms. The fraction of sp³-hybridized carbons (Fsp3) is 0.235. The van der Waals surface area contributed by atoms with E-state index in [-0.39, 0.29) is 5.97 Å².